The number of imidazole rings is 1. The molecule has 0 saturated carbocycles. The predicted octanol–water partition coefficient (Wildman–Crippen LogP) is 2.13. The second-order valence-corrected chi connectivity index (χ2v) is 4.14. The summed E-state index contributed by atoms with van der Waals surface area (Å²) in [5, 5.41) is 0. The van der Waals surface area contributed by atoms with Crippen molar-refractivity contribution >= 4 is 17.0 Å². The Kier molecular flexibility index (Phi) is 2.83. The van der Waals surface area contributed by atoms with E-state index in [1.807, 2.05) is 17.6 Å². The Hall–Kier alpha value is -1.55. The van der Waals surface area contributed by atoms with E-state index in [1.54, 1.807) is 7.11 Å². The minimum absolute atomic E-state index is 0.192. The van der Waals surface area contributed by atoms with Crippen molar-refractivity contribution in [2.75, 3.05) is 19.5 Å². The number of benzene rings is 1. The zero-order valence-electron chi connectivity index (χ0n) is 9.90. The molecule has 2 N–H and O–H groups in total. The van der Waals surface area contributed by atoms with E-state index in [2.05, 4.69) is 24.0 Å². The zero-order chi connectivity index (χ0) is 11.7. The van der Waals surface area contributed by atoms with Crippen LogP contribution in [0.15, 0.2) is 18.2 Å². The summed E-state index contributed by atoms with van der Waals surface area (Å²) in [5.41, 5.74) is 9.13. The van der Waals surface area contributed by atoms with Crippen LogP contribution in [0.5, 0.6) is 0 Å². The summed E-state index contributed by atoms with van der Waals surface area (Å²) >= 11 is 0. The fourth-order valence-corrected chi connectivity index (χ4v) is 2.01. The summed E-state index contributed by atoms with van der Waals surface area (Å²) in [5.74, 6) is 0.546. The van der Waals surface area contributed by atoms with Crippen LogP contribution < -0.4 is 5.73 Å². The number of hydrogen-bond donors (Lipinski definition) is 1. The van der Waals surface area contributed by atoms with Crippen LogP contribution in [-0.2, 0) is 4.74 Å². The number of aromatic nitrogens is 2. The Morgan fingerprint density at radius 2 is 2.25 bits per heavy atom. The first-order valence-electron chi connectivity index (χ1n) is 5.36. The van der Waals surface area contributed by atoms with Crippen LogP contribution in [0.2, 0.25) is 0 Å². The minimum atomic E-state index is 0.192. The van der Waals surface area contributed by atoms with E-state index in [4.69, 9.17) is 10.5 Å². The summed E-state index contributed by atoms with van der Waals surface area (Å²) in [7, 11) is 1.69. The molecule has 86 valence electrons. The number of rotatable bonds is 3. The van der Waals surface area contributed by atoms with Crippen LogP contribution in [0.25, 0.3) is 11.0 Å². The highest BCUT2D eigenvalue weighted by atomic mass is 16.5. The van der Waals surface area contributed by atoms with Gasteiger partial charge in [0.2, 0.25) is 5.95 Å². The molecular formula is C12H17N3O. The summed E-state index contributed by atoms with van der Waals surface area (Å²) in [6.45, 7) is 4.75. The molecule has 0 bridgehead atoms. The highest BCUT2D eigenvalue weighted by Crippen LogP contribution is 2.23. The molecular weight excluding hydrogens is 202 g/mol. The maximum atomic E-state index is 5.93. The summed E-state index contributed by atoms with van der Waals surface area (Å²) in [6.07, 6.45) is 0. The molecule has 0 aliphatic rings. The van der Waals surface area contributed by atoms with Crippen molar-refractivity contribution in [1.82, 2.24) is 9.55 Å². The van der Waals surface area contributed by atoms with E-state index in [1.165, 1.54) is 5.56 Å². The van der Waals surface area contributed by atoms with E-state index in [0.717, 1.165) is 11.0 Å². The van der Waals surface area contributed by atoms with Gasteiger partial charge < -0.3 is 15.0 Å². The molecule has 0 saturated heterocycles. The Morgan fingerprint density at radius 3 is 2.94 bits per heavy atom. The van der Waals surface area contributed by atoms with E-state index >= 15 is 0 Å². The fraction of sp³-hybridized carbons (Fsp3) is 0.417. The number of ether oxygens (including phenoxy) is 1. The topological polar surface area (TPSA) is 53.1 Å². The van der Waals surface area contributed by atoms with Crippen molar-refractivity contribution in [2.45, 2.75) is 19.9 Å². The second kappa shape index (κ2) is 4.14. The van der Waals surface area contributed by atoms with Crippen LogP contribution >= 0.6 is 0 Å². The van der Waals surface area contributed by atoms with Gasteiger partial charge in [-0.2, -0.15) is 0 Å². The Bertz CT molecular complexity index is 504. The quantitative estimate of drug-likeness (QED) is 0.860. The molecule has 0 aliphatic carbocycles. The number of nitrogens with two attached hydrogens (primary N) is 1. The molecule has 1 aromatic heterocycles. The van der Waals surface area contributed by atoms with Gasteiger partial charge in [-0.05, 0) is 31.5 Å². The smallest absolute Gasteiger partial charge is 0.201 e. The summed E-state index contributed by atoms with van der Waals surface area (Å²) in [4.78, 5) is 4.36. The lowest BCUT2D eigenvalue weighted by molar-refractivity contribution is 0.164. The van der Waals surface area contributed by atoms with E-state index < -0.39 is 0 Å². The number of methoxy groups -OCH3 is 1. The SMILES string of the molecule is COCC(C)n1c(N)nc2cc(C)ccc21. The molecule has 2 aromatic rings. The molecule has 0 radical (unpaired) electrons. The van der Waals surface area contributed by atoms with Crippen LogP contribution in [-0.4, -0.2) is 23.3 Å². The summed E-state index contributed by atoms with van der Waals surface area (Å²) < 4.78 is 7.16. The normalized spacial score (nSPS) is 13.2. The number of aryl methyl sites for hydroxylation is 1. The Labute approximate surface area is 95.0 Å². The predicted molar refractivity (Wildman–Crippen MR) is 65.5 cm³/mol. The fourth-order valence-electron chi connectivity index (χ4n) is 2.01. The molecule has 4 heteroatoms. The maximum Gasteiger partial charge on any atom is 0.201 e. The Balaban J connectivity index is 2.55. The monoisotopic (exact) mass is 219 g/mol. The lowest BCUT2D eigenvalue weighted by atomic mass is 10.2. The molecule has 1 atom stereocenters. The molecule has 0 spiro atoms. The van der Waals surface area contributed by atoms with Crippen molar-refractivity contribution in [2.24, 2.45) is 0 Å². The van der Waals surface area contributed by atoms with Crippen LogP contribution in [0.1, 0.15) is 18.5 Å². The van der Waals surface area contributed by atoms with Gasteiger partial charge in [0.05, 0.1) is 23.7 Å². The third kappa shape index (κ3) is 1.76. The van der Waals surface area contributed by atoms with Gasteiger partial charge in [0.25, 0.3) is 0 Å². The maximum absolute atomic E-state index is 5.93. The van der Waals surface area contributed by atoms with Crippen molar-refractivity contribution in [3.05, 3.63) is 23.8 Å². The van der Waals surface area contributed by atoms with Gasteiger partial charge in [-0.3, -0.25) is 0 Å². The first kappa shape index (κ1) is 11.0. The van der Waals surface area contributed by atoms with Crippen LogP contribution in [0.3, 0.4) is 0 Å². The molecule has 0 amide bonds. The lowest BCUT2D eigenvalue weighted by Crippen LogP contribution is -2.13. The standard InChI is InChI=1S/C12H17N3O/c1-8-4-5-11-10(6-8)14-12(13)15(11)9(2)7-16-3/h4-6,9H,7H2,1-3H3,(H2,13,14). The number of hydrogen-bond acceptors (Lipinski definition) is 3. The van der Waals surface area contributed by atoms with Gasteiger partial charge in [-0.15, -0.1) is 0 Å². The van der Waals surface area contributed by atoms with Gasteiger partial charge in [-0.25, -0.2) is 4.98 Å². The van der Waals surface area contributed by atoms with Crippen LogP contribution in [0, 0.1) is 6.92 Å². The molecule has 1 heterocycles. The molecule has 16 heavy (non-hydrogen) atoms. The molecule has 1 unspecified atom stereocenters. The van der Waals surface area contributed by atoms with Gasteiger partial charge in [-0.1, -0.05) is 6.07 Å². The van der Waals surface area contributed by atoms with Gasteiger partial charge >= 0.3 is 0 Å². The largest absolute Gasteiger partial charge is 0.383 e. The number of anilines is 1. The van der Waals surface area contributed by atoms with Crippen molar-refractivity contribution in [3.63, 3.8) is 0 Å². The highest BCUT2D eigenvalue weighted by Gasteiger charge is 2.13. The van der Waals surface area contributed by atoms with E-state index in [9.17, 15) is 0 Å². The van der Waals surface area contributed by atoms with Gasteiger partial charge in [0.15, 0.2) is 0 Å². The Morgan fingerprint density at radius 1 is 1.50 bits per heavy atom. The lowest BCUT2D eigenvalue weighted by Gasteiger charge is -2.14. The second-order valence-electron chi connectivity index (χ2n) is 4.14. The minimum Gasteiger partial charge on any atom is -0.383 e. The first-order chi connectivity index (χ1) is 7.63. The third-order valence-electron chi connectivity index (χ3n) is 2.72. The molecule has 4 nitrogen and oxygen atoms in total. The molecule has 0 aliphatic heterocycles. The molecule has 0 fully saturated rings. The van der Waals surface area contributed by atoms with Gasteiger partial charge in [0, 0.05) is 7.11 Å². The van der Waals surface area contributed by atoms with E-state index in [0.29, 0.717) is 12.6 Å². The van der Waals surface area contributed by atoms with Crippen molar-refractivity contribution in [1.29, 1.82) is 0 Å². The summed E-state index contributed by atoms with van der Waals surface area (Å²) in [6, 6.07) is 6.36. The average molecular weight is 219 g/mol. The number of nitrogen functional groups attached to an aromatic ring is 1. The number of nitrogens with zero attached hydrogens (tertiary/aromatic N) is 2. The van der Waals surface area contributed by atoms with Gasteiger partial charge in [0.1, 0.15) is 0 Å². The zero-order valence-corrected chi connectivity index (χ0v) is 9.90. The highest BCUT2D eigenvalue weighted by molar-refractivity contribution is 5.79. The van der Waals surface area contributed by atoms with Crippen molar-refractivity contribution < 1.29 is 4.74 Å². The van der Waals surface area contributed by atoms with Crippen LogP contribution in [0.4, 0.5) is 5.95 Å². The van der Waals surface area contributed by atoms with Crippen molar-refractivity contribution in [3.8, 4) is 0 Å². The molecule has 2 rings (SSSR count). The van der Waals surface area contributed by atoms with E-state index in [-0.39, 0.29) is 6.04 Å². The average Bonchev–Trinajstić information content (AvgIpc) is 2.53. The third-order valence-corrected chi connectivity index (χ3v) is 2.72. The number of fused-ring (bicyclic) bond motifs is 1. The molecule has 1 aromatic carbocycles. The first-order valence-corrected chi connectivity index (χ1v) is 5.36.